The number of alkyl carbamates (subject to hydrolysis) is 1. The van der Waals surface area contributed by atoms with Gasteiger partial charge in [0, 0.05) is 13.1 Å². The number of nitrogens with zero attached hydrogens (tertiary/aromatic N) is 1. The van der Waals surface area contributed by atoms with Crippen LogP contribution in [0.2, 0.25) is 0 Å². The van der Waals surface area contributed by atoms with Crippen LogP contribution >= 0.6 is 0 Å². The van der Waals surface area contributed by atoms with E-state index in [1.165, 1.54) is 12.8 Å². The molecule has 114 valence electrons. The van der Waals surface area contributed by atoms with Crippen LogP contribution in [0.4, 0.5) is 4.79 Å². The van der Waals surface area contributed by atoms with Crippen molar-refractivity contribution in [3.05, 3.63) is 35.9 Å². The van der Waals surface area contributed by atoms with Crippen molar-refractivity contribution in [3.8, 4) is 0 Å². The number of rotatable bonds is 4. The largest absolute Gasteiger partial charge is 0.445 e. The summed E-state index contributed by atoms with van der Waals surface area (Å²) in [6.07, 6.45) is 3.89. The van der Waals surface area contributed by atoms with Crippen molar-refractivity contribution < 1.29 is 14.3 Å². The molecule has 1 fully saturated rings. The van der Waals surface area contributed by atoms with Gasteiger partial charge in [0.1, 0.15) is 13.2 Å². The van der Waals surface area contributed by atoms with E-state index in [1.807, 2.05) is 35.2 Å². The molecule has 1 aromatic carbocycles. The molecule has 0 unspecified atom stereocenters. The summed E-state index contributed by atoms with van der Waals surface area (Å²) in [6.45, 7) is 1.80. The lowest BCUT2D eigenvalue weighted by molar-refractivity contribution is -0.130. The van der Waals surface area contributed by atoms with E-state index in [0.29, 0.717) is 0 Å². The number of benzene rings is 1. The highest BCUT2D eigenvalue weighted by Gasteiger charge is 2.16. The highest BCUT2D eigenvalue weighted by atomic mass is 16.5. The molecule has 0 spiro atoms. The highest BCUT2D eigenvalue weighted by molar-refractivity contribution is 5.82. The Morgan fingerprint density at radius 3 is 2.38 bits per heavy atom. The number of carbonyl (C=O) groups excluding carboxylic acids is 2. The van der Waals surface area contributed by atoms with E-state index in [9.17, 15) is 9.59 Å². The van der Waals surface area contributed by atoms with E-state index >= 15 is 0 Å². The second-order valence-electron chi connectivity index (χ2n) is 5.21. The van der Waals surface area contributed by atoms with Crippen molar-refractivity contribution in [2.24, 2.45) is 0 Å². The van der Waals surface area contributed by atoms with Gasteiger partial charge < -0.3 is 15.0 Å². The third-order valence-corrected chi connectivity index (χ3v) is 3.56. The number of hydrogen-bond donors (Lipinski definition) is 1. The molecule has 2 rings (SSSR count). The number of nitrogens with one attached hydrogen (secondary N) is 1. The standard InChI is InChI=1S/C16H22N2O3/c19-15(18-10-6-1-2-7-11-18)12-17-16(20)21-13-14-8-4-3-5-9-14/h3-5,8-9H,1-2,6-7,10-13H2,(H,17,20). The van der Waals surface area contributed by atoms with E-state index in [0.717, 1.165) is 31.5 Å². The maximum absolute atomic E-state index is 12.0. The Morgan fingerprint density at radius 2 is 1.71 bits per heavy atom. The van der Waals surface area contributed by atoms with Gasteiger partial charge in [0.25, 0.3) is 0 Å². The number of likely N-dealkylation sites (tertiary alicyclic amines) is 1. The van der Waals surface area contributed by atoms with Gasteiger partial charge in [0.05, 0.1) is 0 Å². The van der Waals surface area contributed by atoms with Crippen LogP contribution in [-0.2, 0) is 16.1 Å². The molecule has 0 bridgehead atoms. The Bertz CT molecular complexity index is 454. The molecule has 2 amide bonds. The second-order valence-corrected chi connectivity index (χ2v) is 5.21. The third-order valence-electron chi connectivity index (χ3n) is 3.56. The maximum atomic E-state index is 12.0. The van der Waals surface area contributed by atoms with E-state index in [1.54, 1.807) is 0 Å². The quantitative estimate of drug-likeness (QED) is 0.925. The lowest BCUT2D eigenvalue weighted by Gasteiger charge is -2.20. The van der Waals surface area contributed by atoms with Gasteiger partial charge in [-0.05, 0) is 18.4 Å². The maximum Gasteiger partial charge on any atom is 0.407 e. The molecule has 5 nitrogen and oxygen atoms in total. The molecule has 1 aromatic rings. The fourth-order valence-corrected chi connectivity index (χ4v) is 2.35. The molecule has 1 aliphatic heterocycles. The van der Waals surface area contributed by atoms with Crippen LogP contribution in [0.1, 0.15) is 31.2 Å². The van der Waals surface area contributed by atoms with Crippen LogP contribution in [-0.4, -0.2) is 36.5 Å². The van der Waals surface area contributed by atoms with Gasteiger partial charge >= 0.3 is 6.09 Å². The zero-order valence-corrected chi connectivity index (χ0v) is 12.2. The Hall–Kier alpha value is -2.04. The molecule has 0 aromatic heterocycles. The van der Waals surface area contributed by atoms with Gasteiger partial charge in [0.15, 0.2) is 0 Å². The molecule has 5 heteroatoms. The summed E-state index contributed by atoms with van der Waals surface area (Å²) >= 11 is 0. The first-order chi connectivity index (χ1) is 10.3. The zero-order chi connectivity index (χ0) is 14.9. The van der Waals surface area contributed by atoms with E-state index in [-0.39, 0.29) is 19.1 Å². The first-order valence-corrected chi connectivity index (χ1v) is 7.48. The molecule has 0 aliphatic carbocycles. The summed E-state index contributed by atoms with van der Waals surface area (Å²) in [5.41, 5.74) is 0.923. The summed E-state index contributed by atoms with van der Waals surface area (Å²) in [6, 6.07) is 9.45. The summed E-state index contributed by atoms with van der Waals surface area (Å²) in [7, 11) is 0. The van der Waals surface area contributed by atoms with Gasteiger partial charge in [-0.1, -0.05) is 43.2 Å². The topological polar surface area (TPSA) is 58.6 Å². The van der Waals surface area contributed by atoms with Gasteiger partial charge in [0.2, 0.25) is 5.91 Å². The minimum atomic E-state index is -0.554. The number of hydrogen-bond acceptors (Lipinski definition) is 3. The molecular formula is C16H22N2O3. The lowest BCUT2D eigenvalue weighted by atomic mass is 10.2. The van der Waals surface area contributed by atoms with E-state index < -0.39 is 6.09 Å². The van der Waals surface area contributed by atoms with Crippen LogP contribution < -0.4 is 5.32 Å². The minimum absolute atomic E-state index is 0.00756. The number of amides is 2. The summed E-state index contributed by atoms with van der Waals surface area (Å²) in [5.74, 6) is -0.0337. The first-order valence-electron chi connectivity index (χ1n) is 7.48. The van der Waals surface area contributed by atoms with Crippen molar-refractivity contribution in [2.45, 2.75) is 32.3 Å². The fourth-order valence-electron chi connectivity index (χ4n) is 2.35. The predicted octanol–water partition coefficient (Wildman–Crippen LogP) is 2.32. The van der Waals surface area contributed by atoms with Gasteiger partial charge in [-0.3, -0.25) is 4.79 Å². The Kier molecular flexibility index (Phi) is 6.06. The van der Waals surface area contributed by atoms with Crippen molar-refractivity contribution >= 4 is 12.0 Å². The number of carbonyl (C=O) groups is 2. The van der Waals surface area contributed by atoms with Crippen LogP contribution in [0.15, 0.2) is 30.3 Å². The molecule has 1 aliphatic rings. The fraction of sp³-hybridized carbons (Fsp3) is 0.500. The average molecular weight is 290 g/mol. The Morgan fingerprint density at radius 1 is 1.05 bits per heavy atom. The van der Waals surface area contributed by atoms with Crippen molar-refractivity contribution in [1.29, 1.82) is 0 Å². The number of ether oxygens (including phenoxy) is 1. The van der Waals surface area contributed by atoms with Crippen LogP contribution in [0.3, 0.4) is 0 Å². The van der Waals surface area contributed by atoms with Crippen molar-refractivity contribution in [1.82, 2.24) is 10.2 Å². The molecule has 1 N–H and O–H groups in total. The average Bonchev–Trinajstić information content (AvgIpc) is 2.81. The second kappa shape index (κ2) is 8.29. The van der Waals surface area contributed by atoms with Crippen molar-refractivity contribution in [2.75, 3.05) is 19.6 Å². The zero-order valence-electron chi connectivity index (χ0n) is 12.2. The Balaban J connectivity index is 1.67. The van der Waals surface area contributed by atoms with E-state index in [2.05, 4.69) is 5.32 Å². The Labute approximate surface area is 125 Å². The monoisotopic (exact) mass is 290 g/mol. The molecule has 0 saturated carbocycles. The smallest absolute Gasteiger partial charge is 0.407 e. The molecule has 1 saturated heterocycles. The lowest BCUT2D eigenvalue weighted by Crippen LogP contribution is -2.40. The predicted molar refractivity (Wildman–Crippen MR) is 79.7 cm³/mol. The van der Waals surface area contributed by atoms with Gasteiger partial charge in [-0.2, -0.15) is 0 Å². The van der Waals surface area contributed by atoms with Crippen LogP contribution in [0.25, 0.3) is 0 Å². The van der Waals surface area contributed by atoms with Gasteiger partial charge in [-0.25, -0.2) is 4.79 Å². The highest BCUT2D eigenvalue weighted by Crippen LogP contribution is 2.09. The molecule has 1 heterocycles. The van der Waals surface area contributed by atoms with Crippen LogP contribution in [0.5, 0.6) is 0 Å². The third kappa shape index (κ3) is 5.45. The molecule has 21 heavy (non-hydrogen) atoms. The molecular weight excluding hydrogens is 268 g/mol. The van der Waals surface area contributed by atoms with Gasteiger partial charge in [-0.15, -0.1) is 0 Å². The van der Waals surface area contributed by atoms with E-state index in [4.69, 9.17) is 4.74 Å². The summed E-state index contributed by atoms with van der Waals surface area (Å²) in [4.78, 5) is 25.4. The minimum Gasteiger partial charge on any atom is -0.445 e. The summed E-state index contributed by atoms with van der Waals surface area (Å²) in [5, 5.41) is 2.52. The van der Waals surface area contributed by atoms with Crippen LogP contribution in [0, 0.1) is 0 Å². The molecule has 0 atom stereocenters. The SMILES string of the molecule is O=C(NCC(=O)N1CCCCCC1)OCc1ccccc1. The summed E-state index contributed by atoms with van der Waals surface area (Å²) < 4.78 is 5.07. The normalized spacial score (nSPS) is 15.1. The first kappa shape index (κ1) is 15.4. The molecule has 0 radical (unpaired) electrons. The van der Waals surface area contributed by atoms with Crippen molar-refractivity contribution in [3.63, 3.8) is 0 Å².